The van der Waals surface area contributed by atoms with Gasteiger partial charge in [-0.25, -0.2) is 0 Å². The number of nitrogens with one attached hydrogen (secondary N) is 1. The van der Waals surface area contributed by atoms with Gasteiger partial charge in [-0.05, 0) is 37.8 Å². The molecule has 2 rings (SSSR count). The molecule has 1 atom stereocenters. The molecule has 0 unspecified atom stereocenters. The summed E-state index contributed by atoms with van der Waals surface area (Å²) in [5.74, 6) is -0.916. The summed E-state index contributed by atoms with van der Waals surface area (Å²) in [7, 11) is 0. The van der Waals surface area contributed by atoms with Crippen LogP contribution < -0.4 is 5.32 Å². The van der Waals surface area contributed by atoms with Crippen molar-refractivity contribution < 1.29 is 14.7 Å². The highest BCUT2D eigenvalue weighted by Crippen LogP contribution is 2.16. The van der Waals surface area contributed by atoms with E-state index in [4.69, 9.17) is 5.11 Å². The van der Waals surface area contributed by atoms with Crippen molar-refractivity contribution in [2.24, 2.45) is 0 Å². The number of carbonyl (C=O) groups excluding carboxylic acids is 1. The van der Waals surface area contributed by atoms with Crippen molar-refractivity contribution in [2.75, 3.05) is 19.6 Å². The lowest BCUT2D eigenvalue weighted by Crippen LogP contribution is -2.43. The number of carboxylic acid groups (broad SMARTS) is 1. The minimum atomic E-state index is -0.829. The monoisotopic (exact) mass is 326 g/mol. The minimum Gasteiger partial charge on any atom is -0.480 e. The molecule has 2 N–H and O–H groups in total. The molecule has 0 spiro atoms. The lowest BCUT2D eigenvalue weighted by molar-refractivity contribution is -0.142. The van der Waals surface area contributed by atoms with Crippen LogP contribution in [0.1, 0.15) is 24.8 Å². The maximum absolute atomic E-state index is 11.8. The topological polar surface area (TPSA) is 69.6 Å². The Balaban J connectivity index is 0.00000242. The van der Waals surface area contributed by atoms with Crippen LogP contribution in [0.4, 0.5) is 0 Å². The van der Waals surface area contributed by atoms with E-state index in [1.807, 2.05) is 18.2 Å². The molecule has 0 saturated carbocycles. The Morgan fingerprint density at radius 1 is 1.27 bits per heavy atom. The van der Waals surface area contributed by atoms with Gasteiger partial charge in [0.15, 0.2) is 0 Å². The van der Waals surface area contributed by atoms with Crippen molar-refractivity contribution in [3.8, 4) is 0 Å². The molecule has 0 radical (unpaired) electrons. The number of likely N-dealkylation sites (tertiary alicyclic amines) is 1. The van der Waals surface area contributed by atoms with Crippen LogP contribution in [0.5, 0.6) is 0 Å². The molecule has 1 aromatic rings. The number of aliphatic carboxylic acids is 1. The number of hydrogen-bond donors (Lipinski definition) is 2. The van der Waals surface area contributed by atoms with Gasteiger partial charge in [0.25, 0.3) is 0 Å². The summed E-state index contributed by atoms with van der Waals surface area (Å²) in [6.45, 7) is 1.50. The number of halogens is 1. The molecule has 1 aliphatic rings. The fraction of sp³-hybridized carbons (Fsp3) is 0.500. The first kappa shape index (κ1) is 18.5. The zero-order valence-corrected chi connectivity index (χ0v) is 13.3. The van der Waals surface area contributed by atoms with Gasteiger partial charge in [-0.1, -0.05) is 30.3 Å². The van der Waals surface area contributed by atoms with Gasteiger partial charge in [-0.15, -0.1) is 12.4 Å². The van der Waals surface area contributed by atoms with Crippen LogP contribution >= 0.6 is 12.4 Å². The molecule has 1 heterocycles. The van der Waals surface area contributed by atoms with Crippen LogP contribution in [0, 0.1) is 0 Å². The molecule has 6 heteroatoms. The Hall–Kier alpha value is -1.59. The molecular weight excluding hydrogens is 304 g/mol. The van der Waals surface area contributed by atoms with E-state index in [2.05, 4.69) is 17.4 Å². The lowest BCUT2D eigenvalue weighted by Gasteiger charge is -2.20. The van der Waals surface area contributed by atoms with E-state index < -0.39 is 12.0 Å². The summed E-state index contributed by atoms with van der Waals surface area (Å²) in [4.78, 5) is 24.6. The first-order chi connectivity index (χ1) is 10.2. The van der Waals surface area contributed by atoms with Gasteiger partial charge >= 0.3 is 5.97 Å². The first-order valence-corrected chi connectivity index (χ1v) is 7.44. The molecule has 0 bridgehead atoms. The summed E-state index contributed by atoms with van der Waals surface area (Å²) >= 11 is 0. The number of hydrogen-bond acceptors (Lipinski definition) is 3. The highest BCUT2D eigenvalue weighted by Gasteiger charge is 2.31. The summed E-state index contributed by atoms with van der Waals surface area (Å²) in [5, 5.41) is 11.9. The third kappa shape index (κ3) is 5.66. The van der Waals surface area contributed by atoms with Gasteiger partial charge in [-0.2, -0.15) is 0 Å². The molecule has 1 aromatic carbocycles. The van der Waals surface area contributed by atoms with E-state index in [9.17, 15) is 9.59 Å². The van der Waals surface area contributed by atoms with Gasteiger partial charge in [0, 0.05) is 6.54 Å². The second-order valence-corrected chi connectivity index (χ2v) is 5.41. The summed E-state index contributed by atoms with van der Waals surface area (Å²) in [6.07, 6.45) is 3.30. The zero-order valence-electron chi connectivity index (χ0n) is 12.5. The molecule has 1 amide bonds. The highest BCUT2D eigenvalue weighted by atomic mass is 35.5. The molecule has 22 heavy (non-hydrogen) atoms. The average molecular weight is 327 g/mol. The fourth-order valence-electron chi connectivity index (χ4n) is 2.70. The van der Waals surface area contributed by atoms with E-state index in [0.29, 0.717) is 19.5 Å². The van der Waals surface area contributed by atoms with Gasteiger partial charge in [-0.3, -0.25) is 14.5 Å². The van der Waals surface area contributed by atoms with Crippen LogP contribution in [0.3, 0.4) is 0 Å². The van der Waals surface area contributed by atoms with Crippen LogP contribution in [0.2, 0.25) is 0 Å². The smallest absolute Gasteiger partial charge is 0.320 e. The number of aryl methyl sites for hydroxylation is 1. The Morgan fingerprint density at radius 2 is 2.00 bits per heavy atom. The predicted octanol–water partition coefficient (Wildman–Crippen LogP) is 1.71. The van der Waals surface area contributed by atoms with Crippen molar-refractivity contribution in [1.29, 1.82) is 0 Å². The highest BCUT2D eigenvalue weighted by molar-refractivity contribution is 5.85. The van der Waals surface area contributed by atoms with E-state index in [1.54, 1.807) is 4.90 Å². The Morgan fingerprint density at radius 3 is 2.68 bits per heavy atom. The Labute approximate surface area is 137 Å². The van der Waals surface area contributed by atoms with Crippen molar-refractivity contribution in [2.45, 2.75) is 31.7 Å². The Kier molecular flexibility index (Phi) is 7.91. The number of rotatable bonds is 7. The first-order valence-electron chi connectivity index (χ1n) is 7.44. The third-order valence-electron chi connectivity index (χ3n) is 3.80. The summed E-state index contributed by atoms with van der Waals surface area (Å²) in [5.41, 5.74) is 1.26. The fourth-order valence-corrected chi connectivity index (χ4v) is 2.70. The second-order valence-electron chi connectivity index (χ2n) is 5.41. The van der Waals surface area contributed by atoms with Crippen molar-refractivity contribution >= 4 is 24.3 Å². The summed E-state index contributed by atoms with van der Waals surface area (Å²) < 4.78 is 0. The number of amides is 1. The number of carbonyl (C=O) groups is 2. The van der Waals surface area contributed by atoms with Crippen LogP contribution in [-0.4, -0.2) is 47.6 Å². The van der Waals surface area contributed by atoms with E-state index in [-0.39, 0.29) is 24.9 Å². The molecular formula is C16H23ClN2O3. The molecule has 0 aromatic heterocycles. The summed E-state index contributed by atoms with van der Waals surface area (Å²) in [6, 6.07) is 9.65. The number of benzene rings is 1. The second kappa shape index (κ2) is 9.43. The van der Waals surface area contributed by atoms with Crippen molar-refractivity contribution in [1.82, 2.24) is 10.2 Å². The van der Waals surface area contributed by atoms with Crippen LogP contribution in [0.25, 0.3) is 0 Å². The molecule has 1 aliphatic heterocycles. The molecule has 1 fully saturated rings. The van der Waals surface area contributed by atoms with Crippen molar-refractivity contribution in [3.63, 3.8) is 0 Å². The van der Waals surface area contributed by atoms with E-state index in [1.165, 1.54) is 5.56 Å². The number of carboxylic acids is 1. The molecule has 1 saturated heterocycles. The standard InChI is InChI=1S/C16H22N2O3.ClH/c19-15(12-18-11-5-9-14(18)16(20)21)17-10-4-8-13-6-2-1-3-7-13;/h1-3,6-7,14H,4-5,8-12H2,(H,17,19)(H,20,21);1H/t14-;/m1./s1. The maximum Gasteiger partial charge on any atom is 0.320 e. The van der Waals surface area contributed by atoms with E-state index >= 15 is 0 Å². The van der Waals surface area contributed by atoms with Crippen LogP contribution in [0.15, 0.2) is 30.3 Å². The molecule has 5 nitrogen and oxygen atoms in total. The van der Waals surface area contributed by atoms with Gasteiger partial charge in [0.1, 0.15) is 6.04 Å². The average Bonchev–Trinajstić information content (AvgIpc) is 2.93. The Bertz CT molecular complexity index is 482. The normalized spacial score (nSPS) is 17.7. The van der Waals surface area contributed by atoms with Gasteiger partial charge in [0.05, 0.1) is 6.54 Å². The SMILES string of the molecule is Cl.O=C(CN1CCC[C@@H]1C(=O)O)NCCCc1ccccc1. The largest absolute Gasteiger partial charge is 0.480 e. The number of nitrogens with zero attached hydrogens (tertiary/aromatic N) is 1. The predicted molar refractivity (Wildman–Crippen MR) is 87.3 cm³/mol. The third-order valence-corrected chi connectivity index (χ3v) is 3.80. The van der Waals surface area contributed by atoms with Gasteiger partial charge < -0.3 is 10.4 Å². The van der Waals surface area contributed by atoms with Gasteiger partial charge in [0.2, 0.25) is 5.91 Å². The lowest BCUT2D eigenvalue weighted by atomic mass is 10.1. The minimum absolute atomic E-state index is 0. The molecule has 0 aliphatic carbocycles. The zero-order chi connectivity index (χ0) is 15.1. The van der Waals surface area contributed by atoms with Crippen LogP contribution in [-0.2, 0) is 16.0 Å². The maximum atomic E-state index is 11.8. The quantitative estimate of drug-likeness (QED) is 0.748. The van der Waals surface area contributed by atoms with E-state index in [0.717, 1.165) is 19.3 Å². The molecule has 122 valence electrons. The van der Waals surface area contributed by atoms with Crippen molar-refractivity contribution in [3.05, 3.63) is 35.9 Å².